The summed E-state index contributed by atoms with van der Waals surface area (Å²) in [7, 11) is 3.38. The molecule has 0 saturated heterocycles. The molecule has 2 N–H and O–H groups in total. The number of benzene rings is 2. The fourth-order valence-corrected chi connectivity index (χ4v) is 3.50. The fraction of sp³-hybridized carbons (Fsp3) is 0.200. The van der Waals surface area contributed by atoms with Crippen molar-refractivity contribution >= 4 is 11.7 Å². The van der Waals surface area contributed by atoms with Crippen LogP contribution in [0.25, 0.3) is 11.3 Å². The van der Waals surface area contributed by atoms with Gasteiger partial charge in [0.1, 0.15) is 17.3 Å². The van der Waals surface area contributed by atoms with Gasteiger partial charge in [0.15, 0.2) is 0 Å². The first-order valence-corrected chi connectivity index (χ1v) is 8.37. The number of nitrogens with zero attached hydrogens (tertiary/aromatic N) is 2. The molecule has 6 nitrogen and oxygen atoms in total. The molecule has 132 valence electrons. The lowest BCUT2D eigenvalue weighted by Gasteiger charge is -2.25. The van der Waals surface area contributed by atoms with Crippen molar-refractivity contribution in [2.24, 2.45) is 7.05 Å². The molecule has 0 bridgehead atoms. The Hall–Kier alpha value is -3.28. The molecule has 1 atom stereocenters. The number of aromatic nitrogens is 2. The summed E-state index contributed by atoms with van der Waals surface area (Å²) in [5.41, 5.74) is 3.33. The molecule has 1 amide bonds. The van der Waals surface area contributed by atoms with E-state index >= 15 is 0 Å². The summed E-state index contributed by atoms with van der Waals surface area (Å²) in [4.78, 5) is 12.3. The van der Waals surface area contributed by atoms with E-state index in [-0.39, 0.29) is 24.0 Å². The molecule has 2 aromatic carbocycles. The van der Waals surface area contributed by atoms with Crippen LogP contribution in [0.15, 0.2) is 48.5 Å². The first kappa shape index (κ1) is 16.2. The average Bonchev–Trinajstić information content (AvgIpc) is 2.99. The highest BCUT2D eigenvalue weighted by Gasteiger charge is 2.34. The largest absolute Gasteiger partial charge is 0.508 e. The van der Waals surface area contributed by atoms with Crippen LogP contribution in [0.5, 0.6) is 11.5 Å². The van der Waals surface area contributed by atoms with E-state index in [2.05, 4.69) is 10.4 Å². The maximum atomic E-state index is 12.3. The summed E-state index contributed by atoms with van der Waals surface area (Å²) >= 11 is 0. The van der Waals surface area contributed by atoms with Gasteiger partial charge in [-0.3, -0.25) is 9.48 Å². The van der Waals surface area contributed by atoms with E-state index in [1.54, 1.807) is 37.0 Å². The smallest absolute Gasteiger partial charge is 0.226 e. The Balaban J connectivity index is 1.94. The Morgan fingerprint density at radius 3 is 2.73 bits per heavy atom. The molecule has 1 aromatic heterocycles. The molecule has 3 aromatic rings. The Morgan fingerprint density at radius 2 is 2.00 bits per heavy atom. The summed E-state index contributed by atoms with van der Waals surface area (Å²) < 4.78 is 6.98. The molecule has 0 radical (unpaired) electrons. The Labute approximate surface area is 151 Å². The van der Waals surface area contributed by atoms with Crippen molar-refractivity contribution in [3.05, 3.63) is 59.7 Å². The molecular formula is C20H19N3O3. The normalized spacial score (nSPS) is 16.1. The molecule has 0 fully saturated rings. The fourth-order valence-electron chi connectivity index (χ4n) is 3.50. The van der Waals surface area contributed by atoms with Crippen molar-refractivity contribution in [1.29, 1.82) is 0 Å². The van der Waals surface area contributed by atoms with Crippen molar-refractivity contribution < 1.29 is 14.6 Å². The van der Waals surface area contributed by atoms with Crippen LogP contribution in [0.4, 0.5) is 5.82 Å². The molecule has 26 heavy (non-hydrogen) atoms. The van der Waals surface area contributed by atoms with E-state index in [0.29, 0.717) is 17.1 Å². The van der Waals surface area contributed by atoms with E-state index in [4.69, 9.17) is 4.74 Å². The molecule has 1 aliphatic heterocycles. The second-order valence-electron chi connectivity index (χ2n) is 6.33. The van der Waals surface area contributed by atoms with Gasteiger partial charge in [0.05, 0.1) is 12.8 Å². The number of rotatable bonds is 3. The number of hydrogen-bond donors (Lipinski definition) is 2. The van der Waals surface area contributed by atoms with Gasteiger partial charge in [0, 0.05) is 36.1 Å². The number of carbonyl (C=O) groups is 1. The van der Waals surface area contributed by atoms with Crippen LogP contribution >= 0.6 is 0 Å². The minimum absolute atomic E-state index is 0.104. The molecule has 4 rings (SSSR count). The molecule has 0 aliphatic carbocycles. The first-order chi connectivity index (χ1) is 12.6. The number of methoxy groups -OCH3 is 1. The highest BCUT2D eigenvalue weighted by Crippen LogP contribution is 2.45. The van der Waals surface area contributed by atoms with E-state index in [1.807, 2.05) is 30.3 Å². The molecule has 0 spiro atoms. The van der Waals surface area contributed by atoms with Crippen LogP contribution in [0.2, 0.25) is 0 Å². The zero-order valence-corrected chi connectivity index (χ0v) is 14.6. The molecule has 0 unspecified atom stereocenters. The van der Waals surface area contributed by atoms with E-state index in [1.165, 1.54) is 0 Å². The summed E-state index contributed by atoms with van der Waals surface area (Å²) in [5.74, 6) is 1.02. The van der Waals surface area contributed by atoms with Gasteiger partial charge >= 0.3 is 0 Å². The molecule has 2 heterocycles. The third-order valence-corrected chi connectivity index (χ3v) is 4.74. The van der Waals surface area contributed by atoms with Crippen molar-refractivity contribution in [2.45, 2.75) is 12.3 Å². The van der Waals surface area contributed by atoms with Crippen LogP contribution < -0.4 is 10.1 Å². The van der Waals surface area contributed by atoms with Crippen LogP contribution in [0, 0.1) is 0 Å². The number of fused-ring (bicyclic) bond motifs is 1. The Bertz CT molecular complexity index is 979. The SMILES string of the molecule is COc1ccc(O)c([C@H]2CC(=O)Nc3c2c(-c2ccccc2)nn3C)c1. The van der Waals surface area contributed by atoms with Gasteiger partial charge in [0.2, 0.25) is 5.91 Å². The minimum atomic E-state index is -0.308. The van der Waals surface area contributed by atoms with Crippen LogP contribution in [0.1, 0.15) is 23.5 Å². The van der Waals surface area contributed by atoms with Crippen LogP contribution in [-0.4, -0.2) is 27.9 Å². The number of carbonyl (C=O) groups excluding carboxylic acids is 1. The van der Waals surface area contributed by atoms with Gasteiger partial charge in [0.25, 0.3) is 0 Å². The molecule has 6 heteroatoms. The number of hydrogen-bond acceptors (Lipinski definition) is 4. The maximum Gasteiger partial charge on any atom is 0.226 e. The summed E-state index contributed by atoms with van der Waals surface area (Å²) in [6.45, 7) is 0. The van der Waals surface area contributed by atoms with Crippen molar-refractivity contribution in [2.75, 3.05) is 12.4 Å². The average molecular weight is 349 g/mol. The summed E-state index contributed by atoms with van der Waals surface area (Å²) in [6, 6.07) is 14.9. The molecule has 0 saturated carbocycles. The number of phenolic OH excluding ortho intramolecular Hbond substituents is 1. The summed E-state index contributed by atoms with van der Waals surface area (Å²) in [6.07, 6.45) is 0.235. The lowest BCUT2D eigenvalue weighted by Crippen LogP contribution is -2.24. The number of phenols is 1. The van der Waals surface area contributed by atoms with Crippen LogP contribution in [0.3, 0.4) is 0 Å². The molecule has 1 aliphatic rings. The number of amides is 1. The van der Waals surface area contributed by atoms with Crippen LogP contribution in [-0.2, 0) is 11.8 Å². The highest BCUT2D eigenvalue weighted by molar-refractivity contribution is 5.96. The number of aryl methyl sites for hydroxylation is 1. The predicted octanol–water partition coefficient (Wildman–Crippen LogP) is 3.28. The zero-order valence-electron chi connectivity index (χ0n) is 14.6. The minimum Gasteiger partial charge on any atom is -0.508 e. The van der Waals surface area contributed by atoms with Gasteiger partial charge in [-0.25, -0.2) is 0 Å². The lowest BCUT2D eigenvalue weighted by atomic mass is 9.84. The van der Waals surface area contributed by atoms with Crippen molar-refractivity contribution in [3.8, 4) is 22.8 Å². The predicted molar refractivity (Wildman–Crippen MR) is 98.4 cm³/mol. The number of nitrogens with one attached hydrogen (secondary N) is 1. The zero-order chi connectivity index (χ0) is 18.3. The van der Waals surface area contributed by atoms with Crippen molar-refractivity contribution in [1.82, 2.24) is 9.78 Å². The van der Waals surface area contributed by atoms with Gasteiger partial charge in [-0.15, -0.1) is 0 Å². The quantitative estimate of drug-likeness (QED) is 0.761. The Morgan fingerprint density at radius 1 is 1.23 bits per heavy atom. The van der Waals surface area contributed by atoms with Crippen molar-refractivity contribution in [3.63, 3.8) is 0 Å². The summed E-state index contributed by atoms with van der Waals surface area (Å²) in [5, 5.41) is 18.0. The topological polar surface area (TPSA) is 76.4 Å². The lowest BCUT2D eigenvalue weighted by molar-refractivity contribution is -0.116. The Kier molecular flexibility index (Phi) is 3.88. The number of anilines is 1. The second-order valence-corrected chi connectivity index (χ2v) is 6.33. The van der Waals surface area contributed by atoms with E-state index in [0.717, 1.165) is 16.8 Å². The van der Waals surface area contributed by atoms with Gasteiger partial charge < -0.3 is 15.2 Å². The third kappa shape index (κ3) is 2.60. The monoisotopic (exact) mass is 349 g/mol. The number of ether oxygens (including phenoxy) is 1. The standard InChI is InChI=1S/C20H19N3O3/c1-23-20-18(19(22-23)12-6-4-3-5-7-12)15(11-17(25)21-20)14-10-13(26-2)8-9-16(14)24/h3-10,15,24H,11H2,1-2H3,(H,21,25)/t15-/m1/s1. The second kappa shape index (κ2) is 6.22. The molecular weight excluding hydrogens is 330 g/mol. The van der Waals surface area contributed by atoms with Gasteiger partial charge in [-0.2, -0.15) is 5.10 Å². The van der Waals surface area contributed by atoms with Gasteiger partial charge in [-0.05, 0) is 18.2 Å². The highest BCUT2D eigenvalue weighted by atomic mass is 16.5. The van der Waals surface area contributed by atoms with E-state index in [9.17, 15) is 9.90 Å². The number of aromatic hydroxyl groups is 1. The first-order valence-electron chi connectivity index (χ1n) is 8.37. The van der Waals surface area contributed by atoms with Gasteiger partial charge in [-0.1, -0.05) is 30.3 Å². The third-order valence-electron chi connectivity index (χ3n) is 4.74. The maximum absolute atomic E-state index is 12.3. The van der Waals surface area contributed by atoms with E-state index < -0.39 is 0 Å².